The van der Waals surface area contributed by atoms with Crippen LogP contribution in [0.3, 0.4) is 0 Å². The number of anilines is 1. The first kappa shape index (κ1) is 23.0. The van der Waals surface area contributed by atoms with E-state index in [0.29, 0.717) is 37.0 Å². The minimum absolute atomic E-state index is 0.00853. The molecule has 0 radical (unpaired) electrons. The van der Waals surface area contributed by atoms with Gasteiger partial charge in [0.1, 0.15) is 0 Å². The van der Waals surface area contributed by atoms with Crippen LogP contribution in [0.1, 0.15) is 16.7 Å². The number of carbonyl (C=O) groups is 1. The molecule has 1 amide bonds. The zero-order valence-corrected chi connectivity index (χ0v) is 19.5. The van der Waals surface area contributed by atoms with Crippen molar-refractivity contribution >= 4 is 44.4 Å². The lowest BCUT2D eigenvalue weighted by Crippen LogP contribution is -2.42. The number of aromatic nitrogens is 1. The van der Waals surface area contributed by atoms with Gasteiger partial charge >= 0.3 is 0 Å². The van der Waals surface area contributed by atoms with Gasteiger partial charge in [0.25, 0.3) is 11.6 Å². The molecule has 0 aliphatic carbocycles. The maximum absolute atomic E-state index is 13.3. The molecule has 0 bridgehead atoms. The Morgan fingerprint density at radius 2 is 2.06 bits per heavy atom. The van der Waals surface area contributed by atoms with Gasteiger partial charge in [-0.15, -0.1) is 0 Å². The van der Waals surface area contributed by atoms with Crippen LogP contribution in [-0.4, -0.2) is 60.1 Å². The molecule has 4 rings (SSSR count). The first-order valence-corrected chi connectivity index (χ1v) is 11.6. The predicted molar refractivity (Wildman–Crippen MR) is 131 cm³/mol. The molecule has 2 aromatic carbocycles. The van der Waals surface area contributed by atoms with E-state index in [1.54, 1.807) is 23.1 Å². The van der Waals surface area contributed by atoms with Gasteiger partial charge in [0.15, 0.2) is 5.13 Å². The summed E-state index contributed by atoms with van der Waals surface area (Å²) in [5, 5.41) is 11.7. The fourth-order valence-corrected chi connectivity index (χ4v) is 5.01. The molecule has 1 aliphatic heterocycles. The second kappa shape index (κ2) is 10.2. The van der Waals surface area contributed by atoms with Gasteiger partial charge in [0, 0.05) is 44.4 Å². The lowest BCUT2D eigenvalue weighted by Gasteiger charge is -2.28. The highest BCUT2D eigenvalue weighted by molar-refractivity contribution is 7.22. The van der Waals surface area contributed by atoms with Gasteiger partial charge in [-0.2, -0.15) is 0 Å². The van der Waals surface area contributed by atoms with Crippen molar-refractivity contribution in [3.8, 4) is 0 Å². The molecule has 1 aromatic heterocycles. The maximum Gasteiger partial charge on any atom is 0.270 e. The van der Waals surface area contributed by atoms with E-state index >= 15 is 0 Å². The van der Waals surface area contributed by atoms with Crippen LogP contribution in [0.25, 0.3) is 16.3 Å². The fourth-order valence-electron chi connectivity index (χ4n) is 3.84. The molecular formula is C24H26N4O4S. The summed E-state index contributed by atoms with van der Waals surface area (Å²) in [7, 11) is 0. The summed E-state index contributed by atoms with van der Waals surface area (Å²) in [6, 6.07) is 10.4. The smallest absolute Gasteiger partial charge is 0.270 e. The summed E-state index contributed by atoms with van der Waals surface area (Å²) in [5.41, 5.74) is 3.74. The number of fused-ring (bicyclic) bond motifs is 1. The van der Waals surface area contributed by atoms with E-state index in [1.165, 1.54) is 29.5 Å². The summed E-state index contributed by atoms with van der Waals surface area (Å²) in [6.07, 6.45) is 3.07. The van der Waals surface area contributed by atoms with Crippen molar-refractivity contribution in [1.82, 2.24) is 9.88 Å². The van der Waals surface area contributed by atoms with Gasteiger partial charge in [0.05, 0.1) is 28.4 Å². The van der Waals surface area contributed by atoms with Crippen LogP contribution in [0.4, 0.5) is 10.8 Å². The van der Waals surface area contributed by atoms with Crippen molar-refractivity contribution in [2.75, 3.05) is 44.3 Å². The number of aryl methyl sites for hydroxylation is 2. The van der Waals surface area contributed by atoms with Crippen LogP contribution < -0.4 is 4.90 Å². The van der Waals surface area contributed by atoms with E-state index in [-0.39, 0.29) is 11.6 Å². The molecule has 9 heteroatoms. The van der Waals surface area contributed by atoms with Crippen LogP contribution in [0.15, 0.2) is 42.5 Å². The third-order valence-corrected chi connectivity index (χ3v) is 6.58. The number of nitrogens with zero attached hydrogens (tertiary/aromatic N) is 4. The Morgan fingerprint density at radius 1 is 1.27 bits per heavy atom. The zero-order chi connectivity index (χ0) is 23.4. The standard InChI is InChI=1S/C24H26N4O4S/c1-17-14-18(2)23-21(15-17)33-24(25-23)27(9-8-26-10-12-32-13-11-26)22(29)7-6-19-4-3-5-20(16-19)28(30)31/h3-7,14-16H,8-13H2,1-2H3/b7-6+. The van der Waals surface area contributed by atoms with Gasteiger partial charge < -0.3 is 4.74 Å². The third kappa shape index (κ3) is 5.62. The van der Waals surface area contributed by atoms with E-state index in [0.717, 1.165) is 34.4 Å². The molecule has 33 heavy (non-hydrogen) atoms. The van der Waals surface area contributed by atoms with Crippen molar-refractivity contribution in [1.29, 1.82) is 0 Å². The summed E-state index contributed by atoms with van der Waals surface area (Å²) < 4.78 is 6.48. The number of morpholine rings is 1. The lowest BCUT2D eigenvalue weighted by molar-refractivity contribution is -0.384. The summed E-state index contributed by atoms with van der Waals surface area (Å²) >= 11 is 1.50. The predicted octanol–water partition coefficient (Wildman–Crippen LogP) is 4.20. The molecular weight excluding hydrogens is 440 g/mol. The summed E-state index contributed by atoms with van der Waals surface area (Å²) in [5.74, 6) is -0.205. The SMILES string of the molecule is Cc1cc(C)c2nc(N(CCN3CCOCC3)C(=O)/C=C/c3cccc([N+](=O)[O-])c3)sc2c1. The third-order valence-electron chi connectivity index (χ3n) is 5.56. The van der Waals surface area contributed by atoms with Crippen molar-refractivity contribution in [2.45, 2.75) is 13.8 Å². The molecule has 3 aromatic rings. The van der Waals surface area contributed by atoms with E-state index < -0.39 is 4.92 Å². The molecule has 8 nitrogen and oxygen atoms in total. The number of hydrogen-bond donors (Lipinski definition) is 0. The highest BCUT2D eigenvalue weighted by atomic mass is 32.1. The van der Waals surface area contributed by atoms with Gasteiger partial charge in [-0.05, 0) is 42.7 Å². The van der Waals surface area contributed by atoms with E-state index in [1.807, 2.05) is 6.92 Å². The molecule has 0 N–H and O–H groups in total. The number of non-ortho nitro benzene ring substituents is 1. The maximum atomic E-state index is 13.3. The number of amides is 1. The van der Waals surface area contributed by atoms with E-state index in [4.69, 9.17) is 9.72 Å². The number of carbonyl (C=O) groups excluding carboxylic acids is 1. The number of rotatable bonds is 7. The first-order valence-electron chi connectivity index (χ1n) is 10.8. The lowest BCUT2D eigenvalue weighted by atomic mass is 10.1. The monoisotopic (exact) mass is 466 g/mol. The number of nitro benzene ring substituents is 1. The van der Waals surface area contributed by atoms with Crippen LogP contribution >= 0.6 is 11.3 Å². The molecule has 1 saturated heterocycles. The molecule has 2 heterocycles. The van der Waals surface area contributed by atoms with Gasteiger partial charge in [-0.1, -0.05) is 29.5 Å². The Balaban J connectivity index is 1.60. The Bertz CT molecular complexity index is 1200. The Hall–Kier alpha value is -3.14. The largest absolute Gasteiger partial charge is 0.379 e. The zero-order valence-electron chi connectivity index (χ0n) is 18.7. The Morgan fingerprint density at radius 3 is 2.82 bits per heavy atom. The normalized spacial score (nSPS) is 14.7. The first-order chi connectivity index (χ1) is 15.9. The number of hydrogen-bond acceptors (Lipinski definition) is 7. The number of benzene rings is 2. The van der Waals surface area contributed by atoms with E-state index in [2.05, 4.69) is 24.0 Å². The highest BCUT2D eigenvalue weighted by Gasteiger charge is 2.21. The van der Waals surface area contributed by atoms with Crippen molar-refractivity contribution < 1.29 is 14.5 Å². The Labute approximate surface area is 196 Å². The molecule has 172 valence electrons. The van der Waals surface area contributed by atoms with Crippen molar-refractivity contribution in [3.05, 3.63) is 69.3 Å². The Kier molecular flexibility index (Phi) is 7.12. The summed E-state index contributed by atoms with van der Waals surface area (Å²) in [6.45, 7) is 8.35. The highest BCUT2D eigenvalue weighted by Crippen LogP contribution is 2.32. The molecule has 0 atom stereocenters. The van der Waals surface area contributed by atoms with Gasteiger partial charge in [0.2, 0.25) is 0 Å². The topological polar surface area (TPSA) is 88.8 Å². The second-order valence-electron chi connectivity index (χ2n) is 8.05. The second-order valence-corrected chi connectivity index (χ2v) is 9.06. The van der Waals surface area contributed by atoms with Crippen LogP contribution in [-0.2, 0) is 9.53 Å². The van der Waals surface area contributed by atoms with Gasteiger partial charge in [-0.3, -0.25) is 24.7 Å². The number of ether oxygens (including phenoxy) is 1. The van der Waals surface area contributed by atoms with E-state index in [9.17, 15) is 14.9 Å². The van der Waals surface area contributed by atoms with Gasteiger partial charge in [-0.25, -0.2) is 4.98 Å². The fraction of sp³-hybridized carbons (Fsp3) is 0.333. The number of nitro groups is 1. The van der Waals surface area contributed by atoms with Crippen molar-refractivity contribution in [3.63, 3.8) is 0 Å². The average molecular weight is 467 g/mol. The quantitative estimate of drug-likeness (QED) is 0.295. The molecule has 0 saturated carbocycles. The minimum Gasteiger partial charge on any atom is -0.379 e. The molecule has 1 fully saturated rings. The molecule has 0 spiro atoms. The van der Waals surface area contributed by atoms with Crippen LogP contribution in [0.5, 0.6) is 0 Å². The minimum atomic E-state index is -0.445. The van der Waals surface area contributed by atoms with Crippen LogP contribution in [0.2, 0.25) is 0 Å². The van der Waals surface area contributed by atoms with Crippen LogP contribution in [0, 0.1) is 24.0 Å². The molecule has 0 unspecified atom stereocenters. The summed E-state index contributed by atoms with van der Waals surface area (Å²) in [4.78, 5) is 32.6. The van der Waals surface area contributed by atoms with Crippen molar-refractivity contribution in [2.24, 2.45) is 0 Å². The molecule has 1 aliphatic rings. The number of thiazole rings is 1. The average Bonchev–Trinajstić information content (AvgIpc) is 3.22.